The molecule has 0 N–H and O–H groups in total. The number of carbonyl (C=O) groups is 2. The van der Waals surface area contributed by atoms with E-state index in [9.17, 15) is 9.59 Å². The molecule has 0 saturated carbocycles. The summed E-state index contributed by atoms with van der Waals surface area (Å²) in [5.74, 6) is 0.538. The first-order valence-electron chi connectivity index (χ1n) is 26.9. The van der Waals surface area contributed by atoms with Crippen LogP contribution >= 0.6 is 0 Å². The van der Waals surface area contributed by atoms with Crippen molar-refractivity contribution in [2.24, 2.45) is 0 Å². The van der Waals surface area contributed by atoms with Crippen LogP contribution in [0.4, 0.5) is 0 Å². The highest BCUT2D eigenvalue weighted by Gasteiger charge is 2.04. The van der Waals surface area contributed by atoms with Crippen molar-refractivity contribution >= 4 is 11.8 Å². The van der Waals surface area contributed by atoms with Crippen LogP contribution in [-0.2, 0) is 14.3 Å². The zero-order chi connectivity index (χ0) is 41.2. The summed E-state index contributed by atoms with van der Waals surface area (Å²) in [6.45, 7) is 5.21. The normalized spacial score (nSPS) is 11.5. The fourth-order valence-corrected chi connectivity index (χ4v) is 8.62. The molecule has 0 aromatic heterocycles. The standard InChI is InChI=1S/C54H106O3/c1-3-5-7-9-11-13-15-17-21-25-29-33-37-41-45-49-53(55)50-46-42-38-34-30-26-23-19-20-24-28-32-36-40-44-48-52-57-54(56)51-47-43-39-35-31-27-22-18-16-14-12-10-8-6-4-2/h3-52H2,1-2H3. The number of ketones is 1. The summed E-state index contributed by atoms with van der Waals surface area (Å²) >= 11 is 0. The van der Waals surface area contributed by atoms with Crippen LogP contribution in [0.3, 0.4) is 0 Å². The first-order valence-corrected chi connectivity index (χ1v) is 26.9. The monoisotopic (exact) mass is 803 g/mol. The van der Waals surface area contributed by atoms with Gasteiger partial charge < -0.3 is 4.74 Å². The van der Waals surface area contributed by atoms with Gasteiger partial charge >= 0.3 is 5.97 Å². The van der Waals surface area contributed by atoms with Gasteiger partial charge in [0.1, 0.15) is 5.78 Å². The molecule has 0 aromatic carbocycles. The van der Waals surface area contributed by atoms with Crippen LogP contribution in [-0.4, -0.2) is 18.4 Å². The lowest BCUT2D eigenvalue weighted by atomic mass is 10.0. The molecule has 0 heterocycles. The lowest BCUT2D eigenvalue weighted by Crippen LogP contribution is -2.05. The molecular weight excluding hydrogens is 697 g/mol. The first kappa shape index (κ1) is 56.1. The predicted octanol–water partition coefficient (Wildman–Crippen LogP) is 19.3. The quantitative estimate of drug-likeness (QED) is 0.0454. The van der Waals surface area contributed by atoms with Crippen LogP contribution in [0.25, 0.3) is 0 Å². The molecule has 0 atom stereocenters. The molecule has 0 aliphatic heterocycles. The number of Topliss-reactive ketones (excluding diaryl/α,β-unsaturated/α-hetero) is 1. The van der Waals surface area contributed by atoms with Gasteiger partial charge in [-0.05, 0) is 25.7 Å². The molecule has 0 aliphatic carbocycles. The van der Waals surface area contributed by atoms with E-state index < -0.39 is 0 Å². The van der Waals surface area contributed by atoms with Gasteiger partial charge in [0, 0.05) is 19.3 Å². The van der Waals surface area contributed by atoms with Gasteiger partial charge in [0.15, 0.2) is 0 Å². The SMILES string of the molecule is CCCCCCCCCCCCCCCCCC(=O)CCCCCCCCCCCCCCCCCCOC(=O)CCCCCCCCCCCCCCCCC. The van der Waals surface area contributed by atoms with Gasteiger partial charge in [0.2, 0.25) is 0 Å². The summed E-state index contributed by atoms with van der Waals surface area (Å²) in [5.41, 5.74) is 0. The van der Waals surface area contributed by atoms with Gasteiger partial charge in [-0.15, -0.1) is 0 Å². The van der Waals surface area contributed by atoms with Gasteiger partial charge in [-0.2, -0.15) is 0 Å². The zero-order valence-corrected chi connectivity index (χ0v) is 39.6. The van der Waals surface area contributed by atoms with Crippen molar-refractivity contribution in [2.45, 2.75) is 328 Å². The zero-order valence-electron chi connectivity index (χ0n) is 39.6. The lowest BCUT2D eigenvalue weighted by Gasteiger charge is -2.06. The van der Waals surface area contributed by atoms with E-state index >= 15 is 0 Å². The van der Waals surface area contributed by atoms with Crippen molar-refractivity contribution < 1.29 is 14.3 Å². The Hall–Kier alpha value is -0.860. The van der Waals surface area contributed by atoms with Crippen LogP contribution in [0.15, 0.2) is 0 Å². The maximum absolute atomic E-state index is 12.2. The van der Waals surface area contributed by atoms with E-state index in [1.807, 2.05) is 0 Å². The minimum atomic E-state index is 0.0217. The fourth-order valence-electron chi connectivity index (χ4n) is 8.62. The Kier molecular flexibility index (Phi) is 50.5. The summed E-state index contributed by atoms with van der Waals surface area (Å²) in [7, 11) is 0. The highest BCUT2D eigenvalue weighted by atomic mass is 16.5. The Labute approximate surface area is 360 Å². The molecular formula is C54H106O3. The average molecular weight is 803 g/mol. The Morgan fingerprint density at radius 3 is 0.684 bits per heavy atom. The van der Waals surface area contributed by atoms with Crippen molar-refractivity contribution in [1.29, 1.82) is 0 Å². The molecule has 340 valence electrons. The molecule has 0 fully saturated rings. The maximum Gasteiger partial charge on any atom is 0.305 e. The molecule has 0 unspecified atom stereocenters. The molecule has 0 saturated heterocycles. The van der Waals surface area contributed by atoms with Crippen molar-refractivity contribution in [3.8, 4) is 0 Å². The number of unbranched alkanes of at least 4 members (excludes halogenated alkanes) is 43. The summed E-state index contributed by atoms with van der Waals surface area (Å²) in [5, 5.41) is 0. The molecule has 0 aliphatic rings. The van der Waals surface area contributed by atoms with Crippen molar-refractivity contribution in [3.63, 3.8) is 0 Å². The second kappa shape index (κ2) is 51.3. The predicted molar refractivity (Wildman–Crippen MR) is 254 cm³/mol. The smallest absolute Gasteiger partial charge is 0.305 e. The summed E-state index contributed by atoms with van der Waals surface area (Å²) < 4.78 is 5.48. The first-order chi connectivity index (χ1) is 28.2. The minimum absolute atomic E-state index is 0.0217. The molecule has 0 bridgehead atoms. The lowest BCUT2D eigenvalue weighted by molar-refractivity contribution is -0.143. The second-order valence-corrected chi connectivity index (χ2v) is 18.6. The molecule has 57 heavy (non-hydrogen) atoms. The Morgan fingerprint density at radius 1 is 0.246 bits per heavy atom. The molecule has 0 amide bonds. The highest BCUT2D eigenvalue weighted by Crippen LogP contribution is 2.18. The van der Waals surface area contributed by atoms with E-state index in [0.717, 1.165) is 38.5 Å². The van der Waals surface area contributed by atoms with E-state index in [4.69, 9.17) is 4.74 Å². The van der Waals surface area contributed by atoms with Crippen LogP contribution in [0.1, 0.15) is 328 Å². The molecule has 3 heteroatoms. The van der Waals surface area contributed by atoms with E-state index in [0.29, 0.717) is 18.8 Å². The third-order valence-electron chi connectivity index (χ3n) is 12.7. The van der Waals surface area contributed by atoms with Gasteiger partial charge in [0.25, 0.3) is 0 Å². The van der Waals surface area contributed by atoms with E-state index in [-0.39, 0.29) is 5.97 Å². The molecule has 0 aromatic rings. The number of rotatable bonds is 51. The Bertz CT molecular complexity index is 700. The highest BCUT2D eigenvalue weighted by molar-refractivity contribution is 5.78. The Balaban J connectivity index is 3.20. The second-order valence-electron chi connectivity index (χ2n) is 18.6. The molecule has 0 rings (SSSR count). The summed E-state index contributed by atoms with van der Waals surface area (Å²) in [6, 6.07) is 0. The van der Waals surface area contributed by atoms with E-state index in [1.165, 1.54) is 270 Å². The van der Waals surface area contributed by atoms with Gasteiger partial charge in [-0.1, -0.05) is 284 Å². The summed E-state index contributed by atoms with van der Waals surface area (Å²) in [6.07, 6.45) is 64.3. The fraction of sp³-hybridized carbons (Fsp3) is 0.963. The summed E-state index contributed by atoms with van der Waals surface area (Å²) in [4.78, 5) is 24.3. The van der Waals surface area contributed by atoms with Crippen LogP contribution < -0.4 is 0 Å². The topological polar surface area (TPSA) is 43.4 Å². The van der Waals surface area contributed by atoms with Crippen molar-refractivity contribution in [3.05, 3.63) is 0 Å². The number of hydrogen-bond acceptors (Lipinski definition) is 3. The number of carbonyl (C=O) groups excluding carboxylic acids is 2. The van der Waals surface area contributed by atoms with Crippen LogP contribution in [0, 0.1) is 0 Å². The maximum atomic E-state index is 12.2. The average Bonchev–Trinajstić information content (AvgIpc) is 3.21. The third kappa shape index (κ3) is 51.2. The van der Waals surface area contributed by atoms with Crippen molar-refractivity contribution in [1.82, 2.24) is 0 Å². The number of ether oxygens (including phenoxy) is 1. The molecule has 3 nitrogen and oxygen atoms in total. The van der Waals surface area contributed by atoms with Gasteiger partial charge in [-0.25, -0.2) is 0 Å². The third-order valence-corrected chi connectivity index (χ3v) is 12.7. The van der Waals surface area contributed by atoms with Crippen LogP contribution in [0.2, 0.25) is 0 Å². The Morgan fingerprint density at radius 2 is 0.439 bits per heavy atom. The van der Waals surface area contributed by atoms with E-state index in [1.54, 1.807) is 0 Å². The molecule has 0 spiro atoms. The minimum Gasteiger partial charge on any atom is -0.466 e. The largest absolute Gasteiger partial charge is 0.466 e. The molecule has 0 radical (unpaired) electrons. The number of hydrogen-bond donors (Lipinski definition) is 0. The van der Waals surface area contributed by atoms with Gasteiger partial charge in [0.05, 0.1) is 6.61 Å². The number of esters is 1. The van der Waals surface area contributed by atoms with Gasteiger partial charge in [-0.3, -0.25) is 9.59 Å². The van der Waals surface area contributed by atoms with Crippen molar-refractivity contribution in [2.75, 3.05) is 6.61 Å². The van der Waals surface area contributed by atoms with Crippen LogP contribution in [0.5, 0.6) is 0 Å². The van der Waals surface area contributed by atoms with E-state index in [2.05, 4.69) is 13.8 Å².